The number of carbonyl (C=O) groups is 1. The zero-order valence-corrected chi connectivity index (χ0v) is 10.4. The number of hydrogen-bond donors (Lipinski definition) is 2. The van der Waals surface area contributed by atoms with Crippen LogP contribution in [0.5, 0.6) is 0 Å². The Balaban J connectivity index is 1.84. The lowest BCUT2D eigenvalue weighted by atomic mass is 10.1. The number of likely N-dealkylation sites (tertiary alicyclic amines) is 1. The van der Waals surface area contributed by atoms with E-state index in [2.05, 4.69) is 15.2 Å². The van der Waals surface area contributed by atoms with Crippen LogP contribution in [-0.4, -0.2) is 47.1 Å². The van der Waals surface area contributed by atoms with Crippen molar-refractivity contribution in [2.24, 2.45) is 0 Å². The molecule has 1 aromatic heterocycles. The highest BCUT2D eigenvalue weighted by Crippen LogP contribution is 2.11. The monoisotopic (exact) mass is 249 g/mol. The van der Waals surface area contributed by atoms with Crippen molar-refractivity contribution in [3.63, 3.8) is 0 Å². The molecule has 0 unspecified atom stereocenters. The van der Waals surface area contributed by atoms with Gasteiger partial charge in [0.1, 0.15) is 11.4 Å². The largest absolute Gasteiger partial charge is 0.478 e. The quantitative estimate of drug-likeness (QED) is 0.831. The number of piperidine rings is 1. The van der Waals surface area contributed by atoms with E-state index in [9.17, 15) is 4.79 Å². The number of rotatable bonds is 5. The summed E-state index contributed by atoms with van der Waals surface area (Å²) in [6, 6.07) is 3.21. The van der Waals surface area contributed by atoms with E-state index in [1.807, 2.05) is 0 Å². The second-order valence-corrected chi connectivity index (χ2v) is 4.53. The summed E-state index contributed by atoms with van der Waals surface area (Å²) in [5.74, 6) is -0.481. The predicted octanol–water partition coefficient (Wildman–Crippen LogP) is 1.68. The number of pyridine rings is 1. The molecule has 18 heavy (non-hydrogen) atoms. The van der Waals surface area contributed by atoms with Crippen molar-refractivity contribution in [1.82, 2.24) is 9.88 Å². The molecule has 1 aromatic rings. The third-order valence-electron chi connectivity index (χ3n) is 3.21. The molecule has 1 fully saturated rings. The molecule has 2 N–H and O–H groups in total. The predicted molar refractivity (Wildman–Crippen MR) is 70.0 cm³/mol. The van der Waals surface area contributed by atoms with Gasteiger partial charge < -0.3 is 15.3 Å². The summed E-state index contributed by atoms with van der Waals surface area (Å²) >= 11 is 0. The molecule has 0 spiro atoms. The van der Waals surface area contributed by atoms with Crippen molar-refractivity contribution in [1.29, 1.82) is 0 Å². The molecule has 2 rings (SSSR count). The smallest absolute Gasteiger partial charge is 0.339 e. The van der Waals surface area contributed by atoms with Gasteiger partial charge in [-0.05, 0) is 38.1 Å². The summed E-state index contributed by atoms with van der Waals surface area (Å²) in [6.07, 6.45) is 5.47. The van der Waals surface area contributed by atoms with E-state index in [0.29, 0.717) is 5.82 Å². The normalized spacial score (nSPS) is 16.4. The fourth-order valence-electron chi connectivity index (χ4n) is 2.23. The Labute approximate surface area is 107 Å². The third kappa shape index (κ3) is 3.43. The van der Waals surface area contributed by atoms with E-state index in [0.717, 1.165) is 26.2 Å². The molecule has 5 nitrogen and oxygen atoms in total. The lowest BCUT2D eigenvalue weighted by molar-refractivity contribution is 0.0697. The van der Waals surface area contributed by atoms with Crippen molar-refractivity contribution in [3.05, 3.63) is 23.9 Å². The average Bonchev–Trinajstić information content (AvgIpc) is 2.40. The second kappa shape index (κ2) is 6.35. The molecule has 2 heterocycles. The minimum atomic E-state index is -0.941. The van der Waals surface area contributed by atoms with Gasteiger partial charge in [-0.3, -0.25) is 0 Å². The average molecular weight is 249 g/mol. The van der Waals surface area contributed by atoms with Gasteiger partial charge in [-0.2, -0.15) is 0 Å². The van der Waals surface area contributed by atoms with Gasteiger partial charge in [0, 0.05) is 19.3 Å². The molecule has 1 saturated heterocycles. The van der Waals surface area contributed by atoms with Gasteiger partial charge in [0.15, 0.2) is 0 Å². The number of aromatic carboxylic acids is 1. The maximum absolute atomic E-state index is 11.0. The number of nitrogens with zero attached hydrogens (tertiary/aromatic N) is 2. The summed E-state index contributed by atoms with van der Waals surface area (Å²) in [7, 11) is 0. The highest BCUT2D eigenvalue weighted by atomic mass is 16.4. The minimum Gasteiger partial charge on any atom is -0.478 e. The van der Waals surface area contributed by atoms with E-state index in [1.165, 1.54) is 19.3 Å². The van der Waals surface area contributed by atoms with Crippen LogP contribution in [0.3, 0.4) is 0 Å². The Morgan fingerprint density at radius 1 is 1.39 bits per heavy atom. The highest BCUT2D eigenvalue weighted by Gasteiger charge is 2.12. The van der Waals surface area contributed by atoms with Gasteiger partial charge in [-0.15, -0.1) is 0 Å². The third-order valence-corrected chi connectivity index (χ3v) is 3.21. The highest BCUT2D eigenvalue weighted by molar-refractivity contribution is 5.92. The van der Waals surface area contributed by atoms with Crippen LogP contribution >= 0.6 is 0 Å². The van der Waals surface area contributed by atoms with Gasteiger partial charge in [-0.25, -0.2) is 9.78 Å². The van der Waals surface area contributed by atoms with E-state index in [1.54, 1.807) is 18.3 Å². The van der Waals surface area contributed by atoms with Crippen LogP contribution in [0.25, 0.3) is 0 Å². The van der Waals surface area contributed by atoms with Crippen LogP contribution in [-0.2, 0) is 0 Å². The molecule has 5 heteroatoms. The summed E-state index contributed by atoms with van der Waals surface area (Å²) < 4.78 is 0. The zero-order chi connectivity index (χ0) is 12.8. The van der Waals surface area contributed by atoms with E-state index in [-0.39, 0.29) is 5.56 Å². The molecule has 0 bridgehead atoms. The molecular formula is C13H19N3O2. The Hall–Kier alpha value is -1.62. The van der Waals surface area contributed by atoms with E-state index < -0.39 is 5.97 Å². The van der Waals surface area contributed by atoms with Crippen molar-refractivity contribution in [2.45, 2.75) is 19.3 Å². The van der Waals surface area contributed by atoms with Gasteiger partial charge in [0.2, 0.25) is 0 Å². The fourth-order valence-corrected chi connectivity index (χ4v) is 2.23. The molecular weight excluding hydrogens is 230 g/mol. The molecule has 0 amide bonds. The Kier molecular flexibility index (Phi) is 4.52. The summed E-state index contributed by atoms with van der Waals surface area (Å²) in [5, 5.41) is 12.1. The first-order chi connectivity index (χ1) is 8.77. The molecule has 0 atom stereocenters. The first-order valence-corrected chi connectivity index (χ1v) is 6.42. The van der Waals surface area contributed by atoms with Crippen LogP contribution in [0, 0.1) is 0 Å². The van der Waals surface area contributed by atoms with Crippen LogP contribution in [0.2, 0.25) is 0 Å². The van der Waals surface area contributed by atoms with Gasteiger partial charge >= 0.3 is 5.97 Å². The number of carboxylic acid groups (broad SMARTS) is 1. The van der Waals surface area contributed by atoms with Crippen LogP contribution in [0.4, 0.5) is 5.82 Å². The summed E-state index contributed by atoms with van der Waals surface area (Å²) in [6.45, 7) is 3.97. The maximum Gasteiger partial charge on any atom is 0.339 e. The van der Waals surface area contributed by atoms with Crippen LogP contribution in [0.15, 0.2) is 18.3 Å². The van der Waals surface area contributed by atoms with Crippen LogP contribution < -0.4 is 5.32 Å². The SMILES string of the molecule is O=C(O)c1cccnc1NCCN1CCCCC1. The summed E-state index contributed by atoms with van der Waals surface area (Å²) in [4.78, 5) is 17.5. The van der Waals surface area contributed by atoms with Crippen molar-refractivity contribution in [3.8, 4) is 0 Å². The second-order valence-electron chi connectivity index (χ2n) is 4.53. The van der Waals surface area contributed by atoms with E-state index in [4.69, 9.17) is 5.11 Å². The van der Waals surface area contributed by atoms with Crippen molar-refractivity contribution < 1.29 is 9.90 Å². The minimum absolute atomic E-state index is 0.233. The maximum atomic E-state index is 11.0. The van der Waals surface area contributed by atoms with Crippen molar-refractivity contribution >= 4 is 11.8 Å². The Bertz CT molecular complexity index is 403. The molecule has 1 aliphatic heterocycles. The number of carboxylic acids is 1. The lowest BCUT2D eigenvalue weighted by Crippen LogP contribution is -2.34. The molecule has 98 valence electrons. The molecule has 0 saturated carbocycles. The van der Waals surface area contributed by atoms with Gasteiger partial charge in [0.05, 0.1) is 0 Å². The molecule has 0 aromatic carbocycles. The van der Waals surface area contributed by atoms with Crippen LogP contribution in [0.1, 0.15) is 29.6 Å². The fraction of sp³-hybridized carbons (Fsp3) is 0.538. The van der Waals surface area contributed by atoms with Crippen molar-refractivity contribution in [2.75, 3.05) is 31.5 Å². The first kappa shape index (κ1) is 12.8. The van der Waals surface area contributed by atoms with Gasteiger partial charge in [-0.1, -0.05) is 6.42 Å². The Morgan fingerprint density at radius 2 is 2.17 bits per heavy atom. The topological polar surface area (TPSA) is 65.5 Å². The number of nitrogens with one attached hydrogen (secondary N) is 1. The number of aromatic nitrogens is 1. The van der Waals surface area contributed by atoms with E-state index >= 15 is 0 Å². The Morgan fingerprint density at radius 3 is 2.89 bits per heavy atom. The first-order valence-electron chi connectivity index (χ1n) is 6.42. The summed E-state index contributed by atoms with van der Waals surface area (Å²) in [5.41, 5.74) is 0.233. The van der Waals surface area contributed by atoms with Gasteiger partial charge in [0.25, 0.3) is 0 Å². The zero-order valence-electron chi connectivity index (χ0n) is 10.4. The number of hydrogen-bond acceptors (Lipinski definition) is 4. The number of anilines is 1. The molecule has 1 aliphatic rings. The molecule has 0 radical (unpaired) electrons. The lowest BCUT2D eigenvalue weighted by Gasteiger charge is -2.26. The standard InChI is InChI=1S/C13H19N3O2/c17-13(18)11-5-4-6-14-12(11)15-7-10-16-8-2-1-3-9-16/h4-6H,1-3,7-10H2,(H,14,15)(H,17,18). The molecule has 0 aliphatic carbocycles.